The second kappa shape index (κ2) is 44.3. The van der Waals surface area contributed by atoms with Gasteiger partial charge in [0, 0.05) is 19.3 Å². The Morgan fingerprint density at radius 3 is 1.30 bits per heavy atom. The minimum absolute atomic E-state index is 0.0960. The predicted octanol–water partition coefficient (Wildman–Crippen LogP) is 14.5. The Morgan fingerprint density at radius 2 is 0.786 bits per heavy atom. The average Bonchev–Trinajstić information content (AvgIpc) is 3.19. The molecule has 0 aliphatic heterocycles. The summed E-state index contributed by atoms with van der Waals surface area (Å²) in [5.74, 6) is -0.963. The van der Waals surface area contributed by atoms with Crippen molar-refractivity contribution in [3.05, 3.63) is 85.1 Å². The molecule has 0 aromatic heterocycles. The highest BCUT2D eigenvalue weighted by molar-refractivity contribution is 5.71. The third-order valence-corrected chi connectivity index (χ3v) is 9.27. The van der Waals surface area contributed by atoms with Crippen LogP contribution in [0, 0.1) is 0 Å². The topological polar surface area (TPSA) is 78.9 Å². The van der Waals surface area contributed by atoms with Crippen LogP contribution in [0.5, 0.6) is 0 Å². The normalized spacial score (nSPS) is 12.8. The van der Waals surface area contributed by atoms with E-state index in [2.05, 4.69) is 57.2 Å². The van der Waals surface area contributed by atoms with Gasteiger partial charge >= 0.3 is 17.9 Å². The summed E-state index contributed by atoms with van der Waals surface area (Å²) in [5.41, 5.74) is 0. The van der Waals surface area contributed by atoms with E-state index in [-0.39, 0.29) is 31.1 Å². The largest absolute Gasteiger partial charge is 0.462 e. The standard InChI is InChI=1S/C50H82O6/c1-4-7-10-13-16-19-22-24-25-26-29-31-34-37-40-43-49(52)55-46-47(45-54-48(51)42-39-36-33-30-27-21-18-15-12-9-6-3)56-50(53)44-41-38-35-32-28-23-20-17-14-11-8-5-2/h7-8,10-11,13,16-17,19-20,22,24-26,29,47H,4-6,9,12,14-15,18,21,23,27-28,30-46H2,1-3H3/b10-7-,11-8-,16-13-,20-17-,22-19-,25-24-,29-26-. The molecule has 0 fully saturated rings. The molecule has 56 heavy (non-hydrogen) atoms. The van der Waals surface area contributed by atoms with E-state index in [9.17, 15) is 14.4 Å². The van der Waals surface area contributed by atoms with Gasteiger partial charge in [0.25, 0.3) is 0 Å². The number of unbranched alkanes of at least 4 members (excludes halogenated alkanes) is 18. The SMILES string of the molecule is CC\C=C/C=C\C=C/C=C\C=C/CCCCCC(=O)OCC(COC(=O)CCCCCCCCCCCCC)OC(=O)CCCCCCC/C=C\C/C=C\CC. The molecule has 0 N–H and O–H groups in total. The summed E-state index contributed by atoms with van der Waals surface area (Å²) in [7, 11) is 0. The monoisotopic (exact) mass is 779 g/mol. The minimum atomic E-state index is -0.798. The number of rotatable bonds is 39. The summed E-state index contributed by atoms with van der Waals surface area (Å²) >= 11 is 0. The van der Waals surface area contributed by atoms with Crippen molar-refractivity contribution in [2.24, 2.45) is 0 Å². The van der Waals surface area contributed by atoms with Crippen molar-refractivity contribution < 1.29 is 28.6 Å². The summed E-state index contributed by atoms with van der Waals surface area (Å²) in [5, 5.41) is 0. The Labute approximate surface area is 344 Å². The molecule has 0 heterocycles. The number of carbonyl (C=O) groups is 3. The lowest BCUT2D eigenvalue weighted by atomic mass is 10.1. The fraction of sp³-hybridized carbons (Fsp3) is 0.660. The molecule has 0 amide bonds. The highest BCUT2D eigenvalue weighted by Crippen LogP contribution is 2.14. The van der Waals surface area contributed by atoms with Gasteiger partial charge in [0.2, 0.25) is 0 Å². The van der Waals surface area contributed by atoms with E-state index >= 15 is 0 Å². The van der Waals surface area contributed by atoms with Gasteiger partial charge in [-0.1, -0.05) is 196 Å². The number of esters is 3. The predicted molar refractivity (Wildman–Crippen MR) is 237 cm³/mol. The van der Waals surface area contributed by atoms with Crippen LogP contribution in [0.4, 0.5) is 0 Å². The molecule has 0 aromatic rings. The lowest BCUT2D eigenvalue weighted by Crippen LogP contribution is -2.30. The summed E-state index contributed by atoms with van der Waals surface area (Å²) in [6, 6.07) is 0. The first-order valence-corrected chi connectivity index (χ1v) is 22.7. The van der Waals surface area contributed by atoms with Crippen LogP contribution >= 0.6 is 0 Å². The lowest BCUT2D eigenvalue weighted by Gasteiger charge is -2.18. The maximum atomic E-state index is 12.7. The highest BCUT2D eigenvalue weighted by Gasteiger charge is 2.19. The highest BCUT2D eigenvalue weighted by atomic mass is 16.6. The van der Waals surface area contributed by atoms with Gasteiger partial charge in [-0.15, -0.1) is 0 Å². The first-order chi connectivity index (χ1) is 27.5. The van der Waals surface area contributed by atoms with Crippen LogP contribution in [0.2, 0.25) is 0 Å². The molecular formula is C50H82O6. The van der Waals surface area contributed by atoms with Crippen LogP contribution < -0.4 is 0 Å². The smallest absolute Gasteiger partial charge is 0.306 e. The van der Waals surface area contributed by atoms with Gasteiger partial charge in [-0.25, -0.2) is 0 Å². The van der Waals surface area contributed by atoms with E-state index in [1.54, 1.807) is 0 Å². The second-order valence-corrected chi connectivity index (χ2v) is 14.7. The van der Waals surface area contributed by atoms with E-state index in [1.807, 2.05) is 48.6 Å². The van der Waals surface area contributed by atoms with Crippen LogP contribution in [0.25, 0.3) is 0 Å². The fourth-order valence-electron chi connectivity index (χ4n) is 5.91. The minimum Gasteiger partial charge on any atom is -0.462 e. The Balaban J connectivity index is 4.49. The van der Waals surface area contributed by atoms with Crippen molar-refractivity contribution in [1.82, 2.24) is 0 Å². The molecule has 0 aromatic carbocycles. The van der Waals surface area contributed by atoms with Gasteiger partial charge < -0.3 is 14.2 Å². The molecule has 0 bridgehead atoms. The van der Waals surface area contributed by atoms with E-state index in [0.717, 1.165) is 103 Å². The van der Waals surface area contributed by atoms with Crippen molar-refractivity contribution in [1.29, 1.82) is 0 Å². The van der Waals surface area contributed by atoms with Gasteiger partial charge in [0.05, 0.1) is 0 Å². The van der Waals surface area contributed by atoms with E-state index in [0.29, 0.717) is 19.3 Å². The molecule has 0 rings (SSSR count). The third-order valence-electron chi connectivity index (χ3n) is 9.27. The Bertz CT molecular complexity index is 1120. The van der Waals surface area contributed by atoms with Crippen LogP contribution in [-0.4, -0.2) is 37.2 Å². The Morgan fingerprint density at radius 1 is 0.393 bits per heavy atom. The van der Waals surface area contributed by atoms with Crippen LogP contribution in [0.1, 0.15) is 194 Å². The summed E-state index contributed by atoms with van der Waals surface area (Å²) < 4.78 is 16.7. The van der Waals surface area contributed by atoms with E-state index in [4.69, 9.17) is 14.2 Å². The average molecular weight is 779 g/mol. The molecule has 1 unspecified atom stereocenters. The first kappa shape index (κ1) is 52.6. The maximum absolute atomic E-state index is 12.7. The maximum Gasteiger partial charge on any atom is 0.306 e. The van der Waals surface area contributed by atoms with Crippen LogP contribution in [0.3, 0.4) is 0 Å². The molecule has 0 radical (unpaired) electrons. The van der Waals surface area contributed by atoms with E-state index in [1.165, 1.54) is 51.4 Å². The van der Waals surface area contributed by atoms with Crippen LogP contribution in [-0.2, 0) is 28.6 Å². The third kappa shape index (κ3) is 41.7. The van der Waals surface area contributed by atoms with Crippen molar-refractivity contribution in [3.63, 3.8) is 0 Å². The molecule has 318 valence electrons. The zero-order valence-electron chi connectivity index (χ0n) is 36.1. The quantitative estimate of drug-likeness (QED) is 0.0203. The number of allylic oxidation sites excluding steroid dienone is 14. The van der Waals surface area contributed by atoms with Gasteiger partial charge in [-0.3, -0.25) is 14.4 Å². The molecule has 0 saturated carbocycles. The lowest BCUT2D eigenvalue weighted by molar-refractivity contribution is -0.167. The summed E-state index contributed by atoms with van der Waals surface area (Å²) in [6.07, 6.45) is 55.6. The molecule has 0 aliphatic carbocycles. The van der Waals surface area contributed by atoms with Crippen molar-refractivity contribution >= 4 is 17.9 Å². The molecule has 0 aliphatic rings. The fourth-order valence-corrected chi connectivity index (χ4v) is 5.91. The molecular weight excluding hydrogens is 697 g/mol. The molecule has 0 spiro atoms. The second-order valence-electron chi connectivity index (χ2n) is 14.7. The summed E-state index contributed by atoms with van der Waals surface area (Å²) in [6.45, 7) is 6.30. The van der Waals surface area contributed by atoms with Crippen LogP contribution in [0.15, 0.2) is 85.1 Å². The van der Waals surface area contributed by atoms with Crippen molar-refractivity contribution in [3.8, 4) is 0 Å². The van der Waals surface area contributed by atoms with Crippen molar-refractivity contribution in [2.75, 3.05) is 13.2 Å². The number of ether oxygens (including phenoxy) is 3. The molecule has 6 heteroatoms. The zero-order chi connectivity index (χ0) is 40.8. The Hall–Kier alpha value is -3.41. The molecule has 0 saturated heterocycles. The first-order valence-electron chi connectivity index (χ1n) is 22.7. The molecule has 1 atom stereocenters. The zero-order valence-corrected chi connectivity index (χ0v) is 36.1. The van der Waals surface area contributed by atoms with Gasteiger partial charge in [-0.05, 0) is 64.2 Å². The van der Waals surface area contributed by atoms with Gasteiger partial charge in [-0.2, -0.15) is 0 Å². The number of hydrogen-bond donors (Lipinski definition) is 0. The van der Waals surface area contributed by atoms with Crippen molar-refractivity contribution in [2.45, 2.75) is 200 Å². The Kier molecular flexibility index (Phi) is 41.6. The molecule has 6 nitrogen and oxygen atoms in total. The summed E-state index contributed by atoms with van der Waals surface area (Å²) in [4.78, 5) is 37.7. The van der Waals surface area contributed by atoms with Gasteiger partial charge in [0.1, 0.15) is 13.2 Å². The van der Waals surface area contributed by atoms with E-state index < -0.39 is 6.10 Å². The number of hydrogen-bond acceptors (Lipinski definition) is 6. The van der Waals surface area contributed by atoms with Gasteiger partial charge in [0.15, 0.2) is 6.10 Å². The number of carbonyl (C=O) groups excluding carboxylic acids is 3.